The fraction of sp³-hybridized carbons (Fsp3) is 0.588. The van der Waals surface area contributed by atoms with Gasteiger partial charge in [-0.3, -0.25) is 9.59 Å². The van der Waals surface area contributed by atoms with E-state index in [-0.39, 0.29) is 17.1 Å². The van der Waals surface area contributed by atoms with Gasteiger partial charge in [0.05, 0.1) is 10.6 Å². The normalized spacial score (nSPS) is 14.4. The maximum Gasteiger partial charge on any atom is 0.226 e. The molecular weight excluding hydrogens is 340 g/mol. The molecule has 25 heavy (non-hydrogen) atoms. The van der Waals surface area contributed by atoms with Crippen LogP contribution in [0.15, 0.2) is 4.52 Å². The molecule has 0 spiro atoms. The number of nitrogens with zero attached hydrogens (tertiary/aromatic N) is 3. The minimum Gasteiger partial charge on any atom is -0.339 e. The summed E-state index contributed by atoms with van der Waals surface area (Å²) in [4.78, 5) is 33.3. The van der Waals surface area contributed by atoms with Crippen LogP contribution in [0.25, 0.3) is 0 Å². The Morgan fingerprint density at radius 1 is 1.28 bits per heavy atom. The van der Waals surface area contributed by atoms with Gasteiger partial charge >= 0.3 is 0 Å². The lowest BCUT2D eigenvalue weighted by Gasteiger charge is -2.10. The number of nitrogens with one attached hydrogen (secondary N) is 1. The summed E-state index contributed by atoms with van der Waals surface area (Å²) in [5.74, 6) is 1.23. The highest BCUT2D eigenvalue weighted by Gasteiger charge is 2.23. The molecule has 0 unspecified atom stereocenters. The number of aryl methyl sites for hydroxylation is 2. The fourth-order valence-corrected chi connectivity index (χ4v) is 3.56. The molecule has 7 nitrogen and oxygen atoms in total. The molecule has 2 aromatic rings. The summed E-state index contributed by atoms with van der Waals surface area (Å²) < 4.78 is 5.22. The molecule has 2 heterocycles. The van der Waals surface area contributed by atoms with Gasteiger partial charge in [0.1, 0.15) is 0 Å². The maximum absolute atomic E-state index is 12.1. The van der Waals surface area contributed by atoms with Crippen LogP contribution in [0.1, 0.15) is 73.5 Å². The molecule has 0 fully saturated rings. The lowest BCUT2D eigenvalue weighted by molar-refractivity contribution is -0.116. The molecule has 0 saturated carbocycles. The lowest BCUT2D eigenvalue weighted by Crippen LogP contribution is -2.13. The van der Waals surface area contributed by atoms with Gasteiger partial charge < -0.3 is 9.84 Å². The molecule has 8 heteroatoms. The lowest BCUT2D eigenvalue weighted by atomic mass is 9.96. The minimum absolute atomic E-state index is 0.117. The van der Waals surface area contributed by atoms with Crippen molar-refractivity contribution in [3.63, 3.8) is 0 Å². The van der Waals surface area contributed by atoms with Crippen LogP contribution in [-0.4, -0.2) is 26.8 Å². The van der Waals surface area contributed by atoms with E-state index >= 15 is 0 Å². The Labute approximate surface area is 150 Å². The molecule has 2 aromatic heterocycles. The van der Waals surface area contributed by atoms with Gasteiger partial charge in [0, 0.05) is 24.7 Å². The van der Waals surface area contributed by atoms with Crippen molar-refractivity contribution in [2.45, 2.75) is 64.7 Å². The molecule has 0 saturated heterocycles. The first-order valence-electron chi connectivity index (χ1n) is 8.49. The topological polar surface area (TPSA) is 98.0 Å². The molecule has 1 aliphatic rings. The van der Waals surface area contributed by atoms with E-state index in [0.717, 1.165) is 18.5 Å². The molecule has 1 N–H and O–H groups in total. The summed E-state index contributed by atoms with van der Waals surface area (Å²) in [5.41, 5.74) is 0.665. The van der Waals surface area contributed by atoms with E-state index in [4.69, 9.17) is 4.52 Å². The van der Waals surface area contributed by atoms with Crippen molar-refractivity contribution >= 4 is 28.2 Å². The summed E-state index contributed by atoms with van der Waals surface area (Å²) in [7, 11) is 0. The van der Waals surface area contributed by atoms with E-state index in [0.29, 0.717) is 47.4 Å². The fourth-order valence-electron chi connectivity index (χ4n) is 2.57. The van der Waals surface area contributed by atoms with Gasteiger partial charge in [-0.1, -0.05) is 37.3 Å². The van der Waals surface area contributed by atoms with Crippen LogP contribution in [0.3, 0.4) is 0 Å². The molecule has 0 atom stereocenters. The third kappa shape index (κ3) is 4.31. The van der Waals surface area contributed by atoms with Gasteiger partial charge in [-0.05, 0) is 19.3 Å². The van der Waals surface area contributed by atoms with Crippen molar-refractivity contribution < 1.29 is 14.1 Å². The van der Waals surface area contributed by atoms with Crippen molar-refractivity contribution in [1.82, 2.24) is 15.1 Å². The van der Waals surface area contributed by atoms with Gasteiger partial charge in [0.25, 0.3) is 0 Å². The maximum atomic E-state index is 12.1. The average molecular weight is 362 g/mol. The zero-order chi connectivity index (χ0) is 18.0. The minimum atomic E-state index is -0.152. The smallest absolute Gasteiger partial charge is 0.226 e. The molecule has 3 rings (SSSR count). The van der Waals surface area contributed by atoms with Gasteiger partial charge in [-0.2, -0.15) is 4.98 Å². The van der Waals surface area contributed by atoms with Crippen LogP contribution in [-0.2, 0) is 23.1 Å². The summed E-state index contributed by atoms with van der Waals surface area (Å²) in [5, 5.41) is 7.27. The number of amides is 1. The van der Waals surface area contributed by atoms with Crippen LogP contribution in [0.2, 0.25) is 0 Å². The number of aromatic nitrogens is 3. The number of carbonyl (C=O) groups excluding carboxylic acids is 2. The highest BCUT2D eigenvalue weighted by Crippen LogP contribution is 2.29. The molecule has 0 bridgehead atoms. The molecule has 0 aromatic carbocycles. The van der Waals surface area contributed by atoms with Crippen LogP contribution in [0, 0.1) is 0 Å². The number of fused-ring (bicyclic) bond motifs is 1. The molecular formula is C17H22N4O3S. The van der Waals surface area contributed by atoms with Crippen LogP contribution in [0.4, 0.5) is 5.13 Å². The van der Waals surface area contributed by atoms with E-state index in [1.54, 1.807) is 0 Å². The quantitative estimate of drug-likeness (QED) is 0.876. The Kier molecular flexibility index (Phi) is 4.99. The number of Topliss-reactive ketones (excluding diaryl/α,β-unsaturated/α-hetero) is 1. The van der Waals surface area contributed by atoms with Crippen LogP contribution < -0.4 is 5.32 Å². The van der Waals surface area contributed by atoms with Gasteiger partial charge in [-0.25, -0.2) is 4.98 Å². The largest absolute Gasteiger partial charge is 0.339 e. The summed E-state index contributed by atoms with van der Waals surface area (Å²) in [6, 6.07) is 0. The monoisotopic (exact) mass is 362 g/mol. The van der Waals surface area contributed by atoms with E-state index in [1.807, 2.05) is 20.8 Å². The summed E-state index contributed by atoms with van der Waals surface area (Å²) in [6.45, 7) is 6.06. The number of rotatable bonds is 5. The van der Waals surface area contributed by atoms with E-state index < -0.39 is 0 Å². The first kappa shape index (κ1) is 17.7. The Morgan fingerprint density at radius 2 is 2.08 bits per heavy atom. The number of carbonyl (C=O) groups is 2. The van der Waals surface area contributed by atoms with Crippen molar-refractivity contribution in [1.29, 1.82) is 0 Å². The van der Waals surface area contributed by atoms with Crippen molar-refractivity contribution in [3.8, 4) is 0 Å². The van der Waals surface area contributed by atoms with E-state index in [1.165, 1.54) is 11.3 Å². The summed E-state index contributed by atoms with van der Waals surface area (Å²) >= 11 is 1.27. The van der Waals surface area contributed by atoms with E-state index in [9.17, 15) is 9.59 Å². The molecule has 1 aliphatic carbocycles. The van der Waals surface area contributed by atoms with Crippen molar-refractivity contribution in [2.24, 2.45) is 0 Å². The van der Waals surface area contributed by atoms with Crippen LogP contribution >= 0.6 is 11.3 Å². The number of anilines is 1. The number of ketones is 1. The Balaban J connectivity index is 1.49. The number of hydrogen-bond donors (Lipinski definition) is 1. The number of hydrogen-bond acceptors (Lipinski definition) is 7. The highest BCUT2D eigenvalue weighted by molar-refractivity contribution is 7.17. The standard InChI is InChI=1S/C17H22N4O3S/c1-17(2,3)15-20-13(24-21-15)9-5-8-12(23)19-16-18-10-6-4-7-11(22)14(10)25-16/h4-9H2,1-3H3,(H,18,19,23). The Bertz CT molecular complexity index is 788. The Morgan fingerprint density at radius 3 is 2.76 bits per heavy atom. The van der Waals surface area contributed by atoms with Gasteiger partial charge in [-0.15, -0.1) is 0 Å². The van der Waals surface area contributed by atoms with Gasteiger partial charge in [0.15, 0.2) is 16.7 Å². The first-order chi connectivity index (χ1) is 11.8. The van der Waals surface area contributed by atoms with Crippen LogP contribution in [0.5, 0.6) is 0 Å². The molecule has 1 amide bonds. The van der Waals surface area contributed by atoms with Gasteiger partial charge in [0.2, 0.25) is 11.8 Å². The highest BCUT2D eigenvalue weighted by atomic mass is 32.1. The zero-order valence-electron chi connectivity index (χ0n) is 14.7. The number of thiazole rings is 1. The first-order valence-corrected chi connectivity index (χ1v) is 9.30. The molecule has 0 radical (unpaired) electrons. The zero-order valence-corrected chi connectivity index (χ0v) is 15.5. The van der Waals surface area contributed by atoms with E-state index in [2.05, 4.69) is 20.4 Å². The second-order valence-corrected chi connectivity index (χ2v) is 8.23. The second kappa shape index (κ2) is 7.03. The second-order valence-electron chi connectivity index (χ2n) is 7.24. The third-order valence-corrected chi connectivity index (χ3v) is 5.00. The van der Waals surface area contributed by atoms with Crippen molar-refractivity contribution in [2.75, 3.05) is 5.32 Å². The SMILES string of the molecule is CC(C)(C)c1noc(CCCC(=O)Nc2nc3c(s2)C(=O)CCC3)n1. The van der Waals surface area contributed by atoms with Crippen molar-refractivity contribution in [3.05, 3.63) is 22.3 Å². The molecule has 0 aliphatic heterocycles. The predicted molar refractivity (Wildman–Crippen MR) is 93.9 cm³/mol. The predicted octanol–water partition coefficient (Wildman–Crippen LogP) is 3.30. The third-order valence-electron chi connectivity index (χ3n) is 3.95. The molecule has 134 valence electrons. The summed E-state index contributed by atoms with van der Waals surface area (Å²) in [6.07, 6.45) is 3.73. The average Bonchev–Trinajstić information content (AvgIpc) is 3.14. The Hall–Kier alpha value is -2.09.